The number of nitrogens with zero attached hydrogens (tertiary/aromatic N) is 1. The fourth-order valence-corrected chi connectivity index (χ4v) is 1.95. The molecule has 7 N–H and O–H groups in total. The highest BCUT2D eigenvalue weighted by atomic mass is 16.4. The Labute approximate surface area is 138 Å². The van der Waals surface area contributed by atoms with E-state index in [1.807, 2.05) is 0 Å². The van der Waals surface area contributed by atoms with Crippen LogP contribution in [-0.2, 0) is 20.8 Å². The predicted octanol–water partition coefficient (Wildman–Crippen LogP) is -2.02. The first-order valence-electron chi connectivity index (χ1n) is 7.43. The summed E-state index contributed by atoms with van der Waals surface area (Å²) in [7, 11) is 0. The van der Waals surface area contributed by atoms with Crippen LogP contribution < -0.4 is 16.4 Å². The summed E-state index contributed by atoms with van der Waals surface area (Å²) in [6, 6.07) is -3.33. The molecule has 24 heavy (non-hydrogen) atoms. The van der Waals surface area contributed by atoms with Crippen molar-refractivity contribution in [1.29, 1.82) is 0 Å². The number of H-pyrrole nitrogens is 1. The van der Waals surface area contributed by atoms with Gasteiger partial charge in [-0.05, 0) is 5.92 Å². The van der Waals surface area contributed by atoms with Crippen molar-refractivity contribution in [2.24, 2.45) is 11.7 Å². The van der Waals surface area contributed by atoms with E-state index in [2.05, 4.69) is 20.6 Å². The van der Waals surface area contributed by atoms with Crippen LogP contribution in [0.3, 0.4) is 0 Å². The quantitative estimate of drug-likeness (QED) is 0.301. The maximum Gasteiger partial charge on any atom is 0.326 e. The zero-order valence-electron chi connectivity index (χ0n) is 13.5. The number of hydrogen-bond donors (Lipinski definition) is 6. The number of aromatic amines is 1. The van der Waals surface area contributed by atoms with Gasteiger partial charge in [-0.25, -0.2) is 9.78 Å². The molecular formula is C14H23N5O5. The molecule has 1 aromatic rings. The number of aliphatic carboxylic acids is 1. The molecule has 0 aliphatic heterocycles. The van der Waals surface area contributed by atoms with Gasteiger partial charge in [0.1, 0.15) is 18.1 Å². The van der Waals surface area contributed by atoms with Crippen molar-refractivity contribution >= 4 is 17.8 Å². The Balaban J connectivity index is 2.88. The SMILES string of the molecule is CC(C)[C@H](NC(=O)[C@H](Cc1cnc[nH]1)NC(=O)[C@@H](N)CO)C(=O)O. The molecule has 0 unspecified atom stereocenters. The summed E-state index contributed by atoms with van der Waals surface area (Å²) in [5, 5.41) is 22.9. The Bertz CT molecular complexity index is 560. The van der Waals surface area contributed by atoms with Crippen molar-refractivity contribution in [3.8, 4) is 0 Å². The van der Waals surface area contributed by atoms with Crippen molar-refractivity contribution in [1.82, 2.24) is 20.6 Å². The molecule has 10 heteroatoms. The number of carboxylic acid groups (broad SMARTS) is 1. The molecule has 0 radical (unpaired) electrons. The number of imidazole rings is 1. The van der Waals surface area contributed by atoms with E-state index in [9.17, 15) is 14.4 Å². The lowest BCUT2D eigenvalue weighted by atomic mass is 10.0. The first kappa shape index (κ1) is 19.6. The van der Waals surface area contributed by atoms with E-state index in [-0.39, 0.29) is 12.3 Å². The second-order valence-electron chi connectivity index (χ2n) is 5.70. The van der Waals surface area contributed by atoms with Gasteiger partial charge in [-0.2, -0.15) is 0 Å². The minimum atomic E-state index is -1.18. The maximum absolute atomic E-state index is 12.4. The van der Waals surface area contributed by atoms with Crippen molar-refractivity contribution in [2.45, 2.75) is 38.4 Å². The molecule has 0 bridgehead atoms. The number of amides is 2. The highest BCUT2D eigenvalue weighted by Crippen LogP contribution is 2.05. The molecule has 0 spiro atoms. The molecule has 1 rings (SSSR count). The maximum atomic E-state index is 12.4. The lowest BCUT2D eigenvalue weighted by molar-refractivity contribution is -0.143. The zero-order chi connectivity index (χ0) is 18.3. The number of nitrogens with two attached hydrogens (primary N) is 1. The number of rotatable bonds is 9. The molecular weight excluding hydrogens is 318 g/mol. The average molecular weight is 341 g/mol. The summed E-state index contributed by atoms with van der Waals surface area (Å²) in [4.78, 5) is 42.1. The third-order valence-electron chi connectivity index (χ3n) is 3.38. The first-order valence-corrected chi connectivity index (χ1v) is 7.43. The number of carbonyl (C=O) groups excluding carboxylic acids is 2. The third kappa shape index (κ3) is 5.63. The van der Waals surface area contributed by atoms with Gasteiger partial charge in [0.05, 0.1) is 12.9 Å². The first-order chi connectivity index (χ1) is 11.3. The Morgan fingerprint density at radius 1 is 1.29 bits per heavy atom. The van der Waals surface area contributed by atoms with Gasteiger partial charge in [-0.1, -0.05) is 13.8 Å². The van der Waals surface area contributed by atoms with Crippen LogP contribution in [-0.4, -0.2) is 62.7 Å². The van der Waals surface area contributed by atoms with E-state index in [1.54, 1.807) is 13.8 Å². The molecule has 1 aromatic heterocycles. The molecule has 0 saturated carbocycles. The largest absolute Gasteiger partial charge is 0.480 e. The summed E-state index contributed by atoms with van der Waals surface area (Å²) in [5.74, 6) is -2.88. The standard InChI is InChI=1S/C14H23N5O5/c1-7(2)11(14(23)24)19-13(22)10(3-8-4-16-6-17-8)18-12(21)9(15)5-20/h4,6-7,9-11,20H,3,5,15H2,1-2H3,(H,16,17)(H,18,21)(H,19,22)(H,23,24)/t9-,10-,11-/m0/s1. The van der Waals surface area contributed by atoms with Gasteiger partial charge in [0, 0.05) is 18.3 Å². The topological polar surface area (TPSA) is 170 Å². The van der Waals surface area contributed by atoms with Crippen LogP contribution in [0.15, 0.2) is 12.5 Å². The van der Waals surface area contributed by atoms with E-state index in [4.69, 9.17) is 15.9 Å². The predicted molar refractivity (Wildman–Crippen MR) is 83.7 cm³/mol. The lowest BCUT2D eigenvalue weighted by Crippen LogP contribution is -2.56. The van der Waals surface area contributed by atoms with Gasteiger partial charge in [0.15, 0.2) is 0 Å². The van der Waals surface area contributed by atoms with E-state index in [0.717, 1.165) is 0 Å². The van der Waals surface area contributed by atoms with Crippen LogP contribution in [0.2, 0.25) is 0 Å². The number of aliphatic hydroxyl groups is 1. The fraction of sp³-hybridized carbons (Fsp3) is 0.571. The van der Waals surface area contributed by atoms with Crippen molar-refractivity contribution in [2.75, 3.05) is 6.61 Å². The van der Waals surface area contributed by atoms with Crippen molar-refractivity contribution in [3.05, 3.63) is 18.2 Å². The van der Waals surface area contributed by atoms with Gasteiger partial charge in [-0.15, -0.1) is 0 Å². The molecule has 10 nitrogen and oxygen atoms in total. The molecule has 3 atom stereocenters. The number of carboxylic acids is 1. The summed E-state index contributed by atoms with van der Waals surface area (Å²) in [6.07, 6.45) is 2.97. The second-order valence-corrected chi connectivity index (χ2v) is 5.70. The van der Waals surface area contributed by atoms with Crippen LogP contribution in [0.25, 0.3) is 0 Å². The number of aromatic nitrogens is 2. The molecule has 0 aliphatic carbocycles. The summed E-state index contributed by atoms with van der Waals surface area (Å²) in [5.41, 5.74) is 6.00. The smallest absolute Gasteiger partial charge is 0.326 e. The molecule has 2 amide bonds. The monoisotopic (exact) mass is 341 g/mol. The van der Waals surface area contributed by atoms with Gasteiger partial charge in [0.2, 0.25) is 11.8 Å². The Hall–Kier alpha value is -2.46. The molecule has 0 aromatic carbocycles. The minimum Gasteiger partial charge on any atom is -0.480 e. The number of aliphatic hydroxyl groups excluding tert-OH is 1. The Morgan fingerprint density at radius 2 is 1.96 bits per heavy atom. The van der Waals surface area contributed by atoms with E-state index in [0.29, 0.717) is 5.69 Å². The van der Waals surface area contributed by atoms with Crippen molar-refractivity contribution < 1.29 is 24.6 Å². The average Bonchev–Trinajstić information content (AvgIpc) is 3.03. The second kappa shape index (κ2) is 8.99. The normalized spacial score (nSPS) is 14.7. The highest BCUT2D eigenvalue weighted by molar-refractivity contribution is 5.92. The van der Waals surface area contributed by atoms with Gasteiger partial charge >= 0.3 is 5.97 Å². The van der Waals surface area contributed by atoms with Crippen LogP contribution >= 0.6 is 0 Å². The summed E-state index contributed by atoms with van der Waals surface area (Å²) in [6.45, 7) is 2.74. The van der Waals surface area contributed by atoms with Crippen molar-refractivity contribution in [3.63, 3.8) is 0 Å². The Morgan fingerprint density at radius 3 is 2.42 bits per heavy atom. The van der Waals surface area contributed by atoms with Crippen LogP contribution in [0.5, 0.6) is 0 Å². The molecule has 0 saturated heterocycles. The van der Waals surface area contributed by atoms with Gasteiger partial charge in [0.25, 0.3) is 0 Å². The summed E-state index contributed by atoms with van der Waals surface area (Å²) < 4.78 is 0. The van der Waals surface area contributed by atoms with Crippen LogP contribution in [0, 0.1) is 5.92 Å². The lowest BCUT2D eigenvalue weighted by Gasteiger charge is -2.23. The molecule has 0 fully saturated rings. The number of carbonyl (C=O) groups is 3. The Kier molecular flexibility index (Phi) is 7.33. The highest BCUT2D eigenvalue weighted by Gasteiger charge is 2.29. The third-order valence-corrected chi connectivity index (χ3v) is 3.38. The zero-order valence-corrected chi connectivity index (χ0v) is 13.5. The van der Waals surface area contributed by atoms with Crippen LogP contribution in [0.4, 0.5) is 0 Å². The van der Waals surface area contributed by atoms with Gasteiger partial charge < -0.3 is 31.6 Å². The fourth-order valence-electron chi connectivity index (χ4n) is 1.95. The van der Waals surface area contributed by atoms with Crippen LogP contribution in [0.1, 0.15) is 19.5 Å². The molecule has 1 heterocycles. The van der Waals surface area contributed by atoms with E-state index < -0.39 is 42.5 Å². The number of nitrogens with one attached hydrogen (secondary N) is 3. The van der Waals surface area contributed by atoms with E-state index >= 15 is 0 Å². The number of hydrogen-bond acceptors (Lipinski definition) is 6. The molecule has 0 aliphatic rings. The minimum absolute atomic E-state index is 0.0696. The molecule has 134 valence electrons. The summed E-state index contributed by atoms with van der Waals surface area (Å²) >= 11 is 0. The van der Waals surface area contributed by atoms with E-state index in [1.165, 1.54) is 12.5 Å². The van der Waals surface area contributed by atoms with Gasteiger partial charge in [-0.3, -0.25) is 9.59 Å².